The molecule has 0 bridgehead atoms. The van der Waals surface area contributed by atoms with E-state index in [4.69, 9.17) is 0 Å². The monoisotopic (exact) mass is 236 g/mol. The molecule has 1 N–H and O–H groups in total. The quantitative estimate of drug-likeness (QED) is 0.693. The van der Waals surface area contributed by atoms with E-state index in [2.05, 4.69) is 27.7 Å². The van der Waals surface area contributed by atoms with E-state index >= 15 is 0 Å². The van der Waals surface area contributed by atoms with Crippen LogP contribution in [-0.4, -0.2) is 5.11 Å². The van der Waals surface area contributed by atoms with Gasteiger partial charge in [-0.15, -0.1) is 0 Å². The summed E-state index contributed by atoms with van der Waals surface area (Å²) in [6.45, 7) is 10.6. The molecule has 0 aromatic heterocycles. The lowest BCUT2D eigenvalue weighted by atomic mass is 10.0. The predicted molar refractivity (Wildman–Crippen MR) is 76.7 cm³/mol. The van der Waals surface area contributed by atoms with Gasteiger partial charge in [0.05, 0.1) is 0 Å². The molecule has 17 heavy (non-hydrogen) atoms. The molecule has 0 heterocycles. The number of phenols is 1. The van der Waals surface area contributed by atoms with E-state index in [0.717, 1.165) is 11.1 Å². The summed E-state index contributed by atoms with van der Waals surface area (Å²) in [5, 5.41) is 9.46. The average Bonchev–Trinajstić information content (AvgIpc) is 2.26. The van der Waals surface area contributed by atoms with Crippen LogP contribution in [0.4, 0.5) is 0 Å². The van der Waals surface area contributed by atoms with Crippen molar-refractivity contribution < 1.29 is 5.11 Å². The van der Waals surface area contributed by atoms with Crippen LogP contribution in [0.2, 0.25) is 0 Å². The Morgan fingerprint density at radius 3 is 1.94 bits per heavy atom. The molecule has 1 aromatic rings. The fourth-order valence-electron chi connectivity index (χ4n) is 1.64. The second-order valence-electron chi connectivity index (χ2n) is 4.92. The third-order valence-electron chi connectivity index (χ3n) is 2.77. The number of hydrogen-bond donors (Lipinski definition) is 1. The van der Waals surface area contributed by atoms with Gasteiger partial charge in [0.2, 0.25) is 0 Å². The minimum absolute atomic E-state index is 0.399. The van der Waals surface area contributed by atoms with Crippen molar-refractivity contribution in [3.8, 4) is 5.75 Å². The van der Waals surface area contributed by atoms with Crippen LogP contribution in [0.25, 0.3) is 0 Å². The summed E-state index contributed by atoms with van der Waals surface area (Å²) in [4.78, 5) is 0. The lowest BCUT2D eigenvalue weighted by Crippen LogP contribution is -1.87. The van der Waals surface area contributed by atoms with Gasteiger partial charge in [0, 0.05) is 0 Å². The summed E-state index contributed by atoms with van der Waals surface area (Å²) in [5.74, 6) is 0.815. The van der Waals surface area contributed by atoms with Crippen molar-refractivity contribution in [2.45, 2.75) is 66.2 Å². The molecule has 98 valence electrons. The van der Waals surface area contributed by atoms with Crippen LogP contribution in [0.15, 0.2) is 18.2 Å². The fraction of sp³-hybridized carbons (Fsp3) is 0.625. The number of unbranched alkanes of at least 4 members (excludes halogenated alkanes) is 3. The first-order chi connectivity index (χ1) is 8.02. The predicted octanol–water partition coefficient (Wildman–Crippen LogP) is 5.41. The van der Waals surface area contributed by atoms with Crippen LogP contribution in [0.5, 0.6) is 5.75 Å². The summed E-state index contributed by atoms with van der Waals surface area (Å²) >= 11 is 0. The van der Waals surface area contributed by atoms with Gasteiger partial charge in [-0.3, -0.25) is 0 Å². The molecule has 0 aliphatic rings. The van der Waals surface area contributed by atoms with Crippen LogP contribution in [-0.2, 0) is 0 Å². The van der Waals surface area contributed by atoms with Crippen molar-refractivity contribution in [2.24, 2.45) is 0 Å². The summed E-state index contributed by atoms with van der Waals surface area (Å²) in [6.07, 6.45) is 5.54. The van der Waals surface area contributed by atoms with Crippen molar-refractivity contribution >= 4 is 0 Å². The fourth-order valence-corrected chi connectivity index (χ4v) is 1.64. The van der Waals surface area contributed by atoms with Crippen molar-refractivity contribution in [3.63, 3.8) is 0 Å². The van der Waals surface area contributed by atoms with Crippen molar-refractivity contribution in [3.05, 3.63) is 29.3 Å². The Morgan fingerprint density at radius 1 is 1.06 bits per heavy atom. The van der Waals surface area contributed by atoms with Gasteiger partial charge in [-0.2, -0.15) is 0 Å². The van der Waals surface area contributed by atoms with Crippen LogP contribution in [0.3, 0.4) is 0 Å². The number of aromatic hydroxyl groups is 1. The van der Waals surface area contributed by atoms with E-state index in [0.29, 0.717) is 11.7 Å². The maximum Gasteiger partial charge on any atom is 0.119 e. The molecule has 0 aliphatic carbocycles. The highest BCUT2D eigenvalue weighted by Gasteiger charge is 2.03. The van der Waals surface area contributed by atoms with Gasteiger partial charge < -0.3 is 5.11 Å². The molecule has 0 fully saturated rings. The maximum atomic E-state index is 9.46. The second-order valence-corrected chi connectivity index (χ2v) is 4.92. The highest BCUT2D eigenvalue weighted by molar-refractivity contribution is 5.37. The minimum atomic E-state index is 0.399. The van der Waals surface area contributed by atoms with Gasteiger partial charge in [0.1, 0.15) is 5.75 Å². The molecule has 1 rings (SSSR count). The van der Waals surface area contributed by atoms with Crippen LogP contribution < -0.4 is 0 Å². The molecule has 0 radical (unpaired) electrons. The Kier molecular flexibility index (Phi) is 8.57. The molecule has 1 heteroatoms. The third kappa shape index (κ3) is 7.04. The molecule has 0 spiro atoms. The summed E-state index contributed by atoms with van der Waals surface area (Å²) in [6, 6.07) is 5.81. The molecule has 0 saturated heterocycles. The minimum Gasteiger partial charge on any atom is -0.508 e. The average molecular weight is 236 g/mol. The van der Waals surface area contributed by atoms with Crippen molar-refractivity contribution in [1.29, 1.82) is 0 Å². The SMILES string of the molecule is CCCCCC.Cc1ccc(C(C)C)c(O)c1. The van der Waals surface area contributed by atoms with Crippen LogP contribution in [0.1, 0.15) is 70.4 Å². The Labute approximate surface area is 107 Å². The first kappa shape index (κ1) is 16.0. The Bertz CT molecular complexity index is 298. The Balaban J connectivity index is 0.000000366. The summed E-state index contributed by atoms with van der Waals surface area (Å²) < 4.78 is 0. The van der Waals surface area contributed by atoms with Crippen molar-refractivity contribution in [1.82, 2.24) is 0 Å². The number of aryl methyl sites for hydroxylation is 1. The van der Waals surface area contributed by atoms with Gasteiger partial charge in [0.15, 0.2) is 0 Å². The number of rotatable bonds is 4. The van der Waals surface area contributed by atoms with Gasteiger partial charge in [0.25, 0.3) is 0 Å². The largest absolute Gasteiger partial charge is 0.508 e. The van der Waals surface area contributed by atoms with E-state index in [1.807, 2.05) is 19.1 Å². The summed E-state index contributed by atoms with van der Waals surface area (Å²) in [5.41, 5.74) is 2.13. The molecule has 0 amide bonds. The van der Waals surface area contributed by atoms with Gasteiger partial charge in [-0.05, 0) is 30.0 Å². The zero-order valence-corrected chi connectivity index (χ0v) is 12.1. The van der Waals surface area contributed by atoms with Crippen molar-refractivity contribution in [2.75, 3.05) is 0 Å². The lowest BCUT2D eigenvalue weighted by Gasteiger charge is -2.07. The molecule has 1 nitrogen and oxygen atoms in total. The molecular formula is C16H28O. The third-order valence-corrected chi connectivity index (χ3v) is 2.77. The van der Waals surface area contributed by atoms with Gasteiger partial charge >= 0.3 is 0 Å². The topological polar surface area (TPSA) is 20.2 Å². The molecule has 0 atom stereocenters. The van der Waals surface area contributed by atoms with E-state index in [1.54, 1.807) is 6.07 Å². The first-order valence-electron chi connectivity index (χ1n) is 6.82. The molecule has 0 aliphatic heterocycles. The zero-order chi connectivity index (χ0) is 13.3. The van der Waals surface area contributed by atoms with E-state index in [-0.39, 0.29) is 0 Å². The zero-order valence-electron chi connectivity index (χ0n) is 12.1. The first-order valence-corrected chi connectivity index (χ1v) is 6.82. The van der Waals surface area contributed by atoms with E-state index in [1.165, 1.54) is 25.7 Å². The summed E-state index contributed by atoms with van der Waals surface area (Å²) in [7, 11) is 0. The molecule has 0 unspecified atom stereocenters. The number of benzene rings is 1. The van der Waals surface area contributed by atoms with Gasteiger partial charge in [-0.25, -0.2) is 0 Å². The number of phenolic OH excluding ortho intramolecular Hbond substituents is 1. The molecule has 0 saturated carbocycles. The van der Waals surface area contributed by atoms with Crippen LogP contribution >= 0.6 is 0 Å². The lowest BCUT2D eigenvalue weighted by molar-refractivity contribution is 0.464. The number of hydrogen-bond acceptors (Lipinski definition) is 1. The second kappa shape index (κ2) is 9.09. The van der Waals surface area contributed by atoms with E-state index in [9.17, 15) is 5.11 Å². The highest BCUT2D eigenvalue weighted by Crippen LogP contribution is 2.25. The Morgan fingerprint density at radius 2 is 1.59 bits per heavy atom. The standard InChI is InChI=1S/C10H14O.C6H14/c1-7(2)9-5-4-8(3)6-10(9)11;1-3-5-6-4-2/h4-7,11H,1-3H3;3-6H2,1-2H3. The molecular weight excluding hydrogens is 208 g/mol. The highest BCUT2D eigenvalue weighted by atomic mass is 16.3. The molecule has 1 aromatic carbocycles. The smallest absolute Gasteiger partial charge is 0.119 e. The van der Waals surface area contributed by atoms with E-state index < -0.39 is 0 Å². The van der Waals surface area contributed by atoms with Crippen LogP contribution in [0, 0.1) is 6.92 Å². The maximum absolute atomic E-state index is 9.46. The Hall–Kier alpha value is -0.980. The normalized spacial score (nSPS) is 10.0. The van der Waals surface area contributed by atoms with Gasteiger partial charge in [-0.1, -0.05) is 65.5 Å².